The maximum absolute atomic E-state index is 14.3. The fraction of sp³-hybridized carbons (Fsp3) is 0.278. The van der Waals surface area contributed by atoms with Crippen molar-refractivity contribution in [3.63, 3.8) is 0 Å². The maximum atomic E-state index is 14.3. The first kappa shape index (κ1) is 16.2. The summed E-state index contributed by atoms with van der Waals surface area (Å²) in [6.07, 6.45) is -0.566. The van der Waals surface area contributed by atoms with Crippen LogP contribution >= 0.6 is 0 Å². The van der Waals surface area contributed by atoms with Crippen LogP contribution in [0.3, 0.4) is 0 Å². The van der Waals surface area contributed by atoms with Crippen molar-refractivity contribution < 1.29 is 19.0 Å². The van der Waals surface area contributed by atoms with Crippen LogP contribution in [0.2, 0.25) is 0 Å². The lowest BCUT2D eigenvalue weighted by Crippen LogP contribution is -2.22. The van der Waals surface area contributed by atoms with E-state index in [-0.39, 0.29) is 12.4 Å². The number of hydrogen-bond acceptors (Lipinski definition) is 3. The van der Waals surface area contributed by atoms with E-state index in [1.165, 1.54) is 6.07 Å². The SMILES string of the molecule is CC(CO)OC(=O)C(C)c1ccc(-c2ccccc2)c(F)c1. The normalized spacial score (nSPS) is 13.5. The summed E-state index contributed by atoms with van der Waals surface area (Å²) in [5.41, 5.74) is 1.83. The first-order valence-electron chi connectivity index (χ1n) is 7.19. The molecular formula is C18H19FO3. The van der Waals surface area contributed by atoms with Crippen LogP contribution in [0.5, 0.6) is 0 Å². The van der Waals surface area contributed by atoms with Gasteiger partial charge in [0.15, 0.2) is 0 Å². The molecule has 4 heteroatoms. The Balaban J connectivity index is 2.20. The van der Waals surface area contributed by atoms with Gasteiger partial charge >= 0.3 is 5.97 Å². The highest BCUT2D eigenvalue weighted by molar-refractivity contribution is 5.78. The van der Waals surface area contributed by atoms with Crippen LogP contribution in [-0.4, -0.2) is 23.8 Å². The fourth-order valence-corrected chi connectivity index (χ4v) is 2.13. The van der Waals surface area contributed by atoms with Crippen molar-refractivity contribution in [2.24, 2.45) is 0 Å². The van der Waals surface area contributed by atoms with Gasteiger partial charge < -0.3 is 9.84 Å². The summed E-state index contributed by atoms with van der Waals surface area (Å²) in [6, 6.07) is 14.0. The molecule has 2 rings (SSSR count). The number of benzene rings is 2. The number of carbonyl (C=O) groups excluding carboxylic acids is 1. The van der Waals surface area contributed by atoms with E-state index in [1.807, 2.05) is 30.3 Å². The van der Waals surface area contributed by atoms with E-state index in [0.29, 0.717) is 11.1 Å². The number of hydrogen-bond donors (Lipinski definition) is 1. The largest absolute Gasteiger partial charge is 0.460 e. The van der Waals surface area contributed by atoms with Crippen LogP contribution in [0.25, 0.3) is 11.1 Å². The molecular weight excluding hydrogens is 283 g/mol. The third-order valence-electron chi connectivity index (χ3n) is 3.51. The molecule has 0 heterocycles. The smallest absolute Gasteiger partial charge is 0.313 e. The number of esters is 1. The number of ether oxygens (including phenoxy) is 1. The zero-order valence-corrected chi connectivity index (χ0v) is 12.6. The first-order valence-corrected chi connectivity index (χ1v) is 7.19. The van der Waals surface area contributed by atoms with Gasteiger partial charge in [-0.1, -0.05) is 42.5 Å². The van der Waals surface area contributed by atoms with Gasteiger partial charge in [0.2, 0.25) is 0 Å². The topological polar surface area (TPSA) is 46.5 Å². The van der Waals surface area contributed by atoms with Crippen molar-refractivity contribution >= 4 is 5.97 Å². The minimum atomic E-state index is -0.590. The van der Waals surface area contributed by atoms with Gasteiger partial charge in [-0.15, -0.1) is 0 Å². The molecule has 0 amide bonds. The van der Waals surface area contributed by atoms with Gasteiger partial charge in [0.05, 0.1) is 12.5 Å². The second kappa shape index (κ2) is 7.18. The Morgan fingerprint density at radius 2 is 1.86 bits per heavy atom. The van der Waals surface area contributed by atoms with E-state index in [2.05, 4.69) is 0 Å². The fourth-order valence-electron chi connectivity index (χ4n) is 2.13. The highest BCUT2D eigenvalue weighted by Crippen LogP contribution is 2.26. The van der Waals surface area contributed by atoms with Crippen molar-refractivity contribution in [3.8, 4) is 11.1 Å². The zero-order chi connectivity index (χ0) is 16.1. The second-order valence-electron chi connectivity index (χ2n) is 5.26. The van der Waals surface area contributed by atoms with Gasteiger partial charge in [-0.25, -0.2) is 4.39 Å². The molecule has 0 spiro atoms. The quantitative estimate of drug-likeness (QED) is 0.860. The van der Waals surface area contributed by atoms with Crippen molar-refractivity contribution in [1.82, 2.24) is 0 Å². The van der Waals surface area contributed by atoms with Crippen LogP contribution < -0.4 is 0 Å². The van der Waals surface area contributed by atoms with E-state index < -0.39 is 18.0 Å². The molecule has 0 aromatic heterocycles. The highest BCUT2D eigenvalue weighted by atomic mass is 19.1. The summed E-state index contributed by atoms with van der Waals surface area (Å²) >= 11 is 0. The Labute approximate surface area is 129 Å². The molecule has 3 nitrogen and oxygen atoms in total. The van der Waals surface area contributed by atoms with Crippen molar-refractivity contribution in [1.29, 1.82) is 0 Å². The van der Waals surface area contributed by atoms with Crippen LogP contribution in [-0.2, 0) is 9.53 Å². The summed E-state index contributed by atoms with van der Waals surface area (Å²) in [4.78, 5) is 11.9. The molecule has 116 valence electrons. The maximum Gasteiger partial charge on any atom is 0.313 e. The molecule has 0 aliphatic rings. The molecule has 2 aromatic carbocycles. The van der Waals surface area contributed by atoms with E-state index in [9.17, 15) is 9.18 Å². The van der Waals surface area contributed by atoms with Crippen LogP contribution in [0, 0.1) is 5.82 Å². The molecule has 0 saturated carbocycles. The van der Waals surface area contributed by atoms with E-state index in [0.717, 1.165) is 5.56 Å². The number of halogens is 1. The molecule has 0 radical (unpaired) electrons. The highest BCUT2D eigenvalue weighted by Gasteiger charge is 2.20. The Hall–Kier alpha value is -2.20. The third kappa shape index (κ3) is 3.71. The van der Waals surface area contributed by atoms with Gasteiger partial charge in [-0.05, 0) is 31.0 Å². The molecule has 2 unspecified atom stereocenters. The number of rotatable bonds is 5. The average Bonchev–Trinajstić information content (AvgIpc) is 2.54. The minimum absolute atomic E-state index is 0.236. The first-order chi connectivity index (χ1) is 10.5. The van der Waals surface area contributed by atoms with Crippen LogP contribution in [0.4, 0.5) is 4.39 Å². The lowest BCUT2D eigenvalue weighted by atomic mass is 9.97. The predicted molar refractivity (Wildman–Crippen MR) is 82.9 cm³/mol. The summed E-state index contributed by atoms with van der Waals surface area (Å²) < 4.78 is 19.4. The minimum Gasteiger partial charge on any atom is -0.460 e. The van der Waals surface area contributed by atoms with E-state index >= 15 is 0 Å². The summed E-state index contributed by atoms with van der Waals surface area (Å²) in [7, 11) is 0. The molecule has 0 fully saturated rings. The molecule has 0 saturated heterocycles. The Bertz CT molecular complexity index is 640. The standard InChI is InChI=1S/C18H19FO3/c1-12(11-20)22-18(21)13(2)15-8-9-16(17(19)10-15)14-6-4-3-5-7-14/h3-10,12-13,20H,11H2,1-2H3. The lowest BCUT2D eigenvalue weighted by molar-refractivity contribution is -0.151. The Morgan fingerprint density at radius 3 is 2.45 bits per heavy atom. The predicted octanol–water partition coefficient (Wildman–Crippen LogP) is 3.52. The van der Waals surface area contributed by atoms with E-state index in [1.54, 1.807) is 26.0 Å². The van der Waals surface area contributed by atoms with Crippen LogP contribution in [0.1, 0.15) is 25.3 Å². The molecule has 2 aromatic rings. The van der Waals surface area contributed by atoms with E-state index in [4.69, 9.17) is 9.84 Å². The average molecular weight is 302 g/mol. The number of aliphatic hydroxyl groups is 1. The second-order valence-corrected chi connectivity index (χ2v) is 5.26. The molecule has 2 atom stereocenters. The third-order valence-corrected chi connectivity index (χ3v) is 3.51. The van der Waals surface area contributed by atoms with Gasteiger partial charge in [0.1, 0.15) is 11.9 Å². The molecule has 0 bridgehead atoms. The monoisotopic (exact) mass is 302 g/mol. The van der Waals surface area contributed by atoms with Gasteiger partial charge in [0, 0.05) is 5.56 Å². The zero-order valence-electron chi connectivity index (χ0n) is 12.6. The molecule has 1 N–H and O–H groups in total. The molecule has 0 aliphatic carbocycles. The van der Waals surface area contributed by atoms with Crippen molar-refractivity contribution in [3.05, 3.63) is 59.9 Å². The molecule has 0 aliphatic heterocycles. The van der Waals surface area contributed by atoms with Gasteiger partial charge in [0.25, 0.3) is 0 Å². The van der Waals surface area contributed by atoms with Crippen LogP contribution in [0.15, 0.2) is 48.5 Å². The summed E-state index contributed by atoms with van der Waals surface area (Å²) in [5.74, 6) is -1.44. The molecule has 22 heavy (non-hydrogen) atoms. The number of aliphatic hydroxyl groups excluding tert-OH is 1. The summed E-state index contributed by atoms with van der Waals surface area (Å²) in [5, 5.41) is 8.91. The van der Waals surface area contributed by atoms with Gasteiger partial charge in [-0.3, -0.25) is 4.79 Å². The van der Waals surface area contributed by atoms with Crippen molar-refractivity contribution in [2.75, 3.05) is 6.61 Å². The Kier molecular flexibility index (Phi) is 5.28. The summed E-state index contributed by atoms with van der Waals surface area (Å²) in [6.45, 7) is 3.02. The van der Waals surface area contributed by atoms with Gasteiger partial charge in [-0.2, -0.15) is 0 Å². The Morgan fingerprint density at radius 1 is 1.18 bits per heavy atom. The number of carbonyl (C=O) groups is 1. The lowest BCUT2D eigenvalue weighted by Gasteiger charge is -2.16. The van der Waals surface area contributed by atoms with Crippen molar-refractivity contribution in [2.45, 2.75) is 25.9 Å².